The van der Waals surface area contributed by atoms with Crippen molar-refractivity contribution in [3.8, 4) is 0 Å². The van der Waals surface area contributed by atoms with Crippen LogP contribution in [0.3, 0.4) is 0 Å². The summed E-state index contributed by atoms with van der Waals surface area (Å²) in [5, 5.41) is 0. The van der Waals surface area contributed by atoms with Crippen LogP contribution >= 0.6 is 0 Å². The molecule has 0 aromatic carbocycles. The van der Waals surface area contributed by atoms with Gasteiger partial charge in [0.25, 0.3) is 0 Å². The van der Waals surface area contributed by atoms with Crippen LogP contribution in [0.4, 0.5) is 5.95 Å². The molecule has 17 heavy (non-hydrogen) atoms. The van der Waals surface area contributed by atoms with Crippen molar-refractivity contribution in [3.05, 3.63) is 25.0 Å². The third-order valence-electron chi connectivity index (χ3n) is 2.98. The second-order valence-electron chi connectivity index (χ2n) is 4.38. The molecular weight excluding hydrogens is 216 g/mol. The highest BCUT2D eigenvalue weighted by molar-refractivity contribution is 5.32. The van der Waals surface area contributed by atoms with Crippen LogP contribution in [0, 0.1) is 0 Å². The first kappa shape index (κ1) is 12.1. The van der Waals surface area contributed by atoms with Crippen LogP contribution in [0.1, 0.15) is 6.92 Å². The second-order valence-corrected chi connectivity index (χ2v) is 4.38. The third-order valence-corrected chi connectivity index (χ3v) is 2.98. The zero-order valence-corrected chi connectivity index (χ0v) is 10.2. The molecule has 1 aliphatic rings. The molecule has 1 aliphatic heterocycles. The van der Waals surface area contributed by atoms with Gasteiger partial charge in [0, 0.05) is 38.1 Å². The van der Waals surface area contributed by atoms with Gasteiger partial charge in [-0.2, -0.15) is 0 Å². The van der Waals surface area contributed by atoms with E-state index in [1.807, 2.05) is 25.4 Å². The van der Waals surface area contributed by atoms with E-state index in [1.54, 1.807) is 0 Å². The molecule has 5 heteroatoms. The largest absolute Gasteiger partial charge is 0.373 e. The summed E-state index contributed by atoms with van der Waals surface area (Å²) >= 11 is 0. The number of ether oxygens (including phenoxy) is 1. The lowest BCUT2D eigenvalue weighted by molar-refractivity contribution is 0.0269. The van der Waals surface area contributed by atoms with E-state index in [0.717, 1.165) is 25.6 Å². The van der Waals surface area contributed by atoms with Crippen molar-refractivity contribution in [1.82, 2.24) is 9.55 Å². The summed E-state index contributed by atoms with van der Waals surface area (Å²) in [6.45, 7) is 8.86. The Kier molecular flexibility index (Phi) is 3.81. The van der Waals surface area contributed by atoms with Crippen LogP contribution in [0.15, 0.2) is 25.0 Å². The number of allylic oxidation sites excluding steroid dienone is 1. The molecule has 0 saturated carbocycles. The number of anilines is 1. The number of rotatable bonds is 4. The first-order valence-electron chi connectivity index (χ1n) is 5.96. The first-order valence-corrected chi connectivity index (χ1v) is 5.96. The second kappa shape index (κ2) is 5.33. The van der Waals surface area contributed by atoms with Crippen molar-refractivity contribution in [2.24, 2.45) is 5.73 Å². The summed E-state index contributed by atoms with van der Waals surface area (Å²) in [5.74, 6) is 0.971. The average Bonchev–Trinajstić information content (AvgIpc) is 2.78. The summed E-state index contributed by atoms with van der Waals surface area (Å²) in [6.07, 6.45) is 5.73. The van der Waals surface area contributed by atoms with Gasteiger partial charge in [-0.3, -0.25) is 0 Å². The number of hydrogen-bond donors (Lipinski definition) is 1. The quantitative estimate of drug-likeness (QED) is 0.779. The lowest BCUT2D eigenvalue weighted by Crippen LogP contribution is -2.50. The fraction of sp³-hybridized carbons (Fsp3) is 0.583. The SMILES string of the molecule is C=CCn1ccnc1N1CCOC(C(C)N)C1. The minimum absolute atomic E-state index is 0.0422. The van der Waals surface area contributed by atoms with E-state index in [4.69, 9.17) is 10.5 Å². The van der Waals surface area contributed by atoms with Crippen molar-refractivity contribution >= 4 is 5.95 Å². The highest BCUT2D eigenvalue weighted by Crippen LogP contribution is 2.16. The summed E-state index contributed by atoms with van der Waals surface area (Å²) < 4.78 is 7.72. The van der Waals surface area contributed by atoms with Gasteiger partial charge in [-0.05, 0) is 6.92 Å². The molecule has 0 bridgehead atoms. The van der Waals surface area contributed by atoms with E-state index in [9.17, 15) is 0 Å². The Labute approximate surface area is 102 Å². The molecule has 5 nitrogen and oxygen atoms in total. The average molecular weight is 236 g/mol. The van der Waals surface area contributed by atoms with Gasteiger partial charge < -0.3 is 19.9 Å². The number of nitrogens with zero attached hydrogens (tertiary/aromatic N) is 3. The van der Waals surface area contributed by atoms with Gasteiger partial charge in [0.2, 0.25) is 5.95 Å². The van der Waals surface area contributed by atoms with Crippen LogP contribution in [0.25, 0.3) is 0 Å². The minimum atomic E-state index is 0.0422. The van der Waals surface area contributed by atoms with E-state index in [0.29, 0.717) is 6.61 Å². The van der Waals surface area contributed by atoms with Crippen molar-refractivity contribution in [3.63, 3.8) is 0 Å². The molecule has 0 radical (unpaired) electrons. The van der Waals surface area contributed by atoms with Gasteiger partial charge in [-0.1, -0.05) is 6.08 Å². The molecule has 94 valence electrons. The van der Waals surface area contributed by atoms with E-state index < -0.39 is 0 Å². The Hall–Kier alpha value is -1.33. The van der Waals surface area contributed by atoms with Crippen molar-refractivity contribution in [1.29, 1.82) is 0 Å². The van der Waals surface area contributed by atoms with Gasteiger partial charge in [0.1, 0.15) is 0 Å². The molecule has 0 spiro atoms. The Morgan fingerprint density at radius 1 is 1.76 bits per heavy atom. The summed E-state index contributed by atoms with van der Waals surface area (Å²) in [5.41, 5.74) is 5.88. The first-order chi connectivity index (χ1) is 8.22. The van der Waals surface area contributed by atoms with E-state index in [1.165, 1.54) is 0 Å². The van der Waals surface area contributed by atoms with E-state index in [2.05, 4.69) is 21.0 Å². The lowest BCUT2D eigenvalue weighted by atomic mass is 10.1. The van der Waals surface area contributed by atoms with Crippen LogP contribution in [0.2, 0.25) is 0 Å². The zero-order valence-electron chi connectivity index (χ0n) is 10.2. The molecule has 2 atom stereocenters. The predicted octanol–water partition coefficient (Wildman–Crippen LogP) is 0.621. The minimum Gasteiger partial charge on any atom is -0.373 e. The van der Waals surface area contributed by atoms with Crippen LogP contribution in [-0.4, -0.2) is 41.4 Å². The van der Waals surface area contributed by atoms with Crippen LogP contribution in [-0.2, 0) is 11.3 Å². The van der Waals surface area contributed by atoms with E-state index >= 15 is 0 Å². The molecule has 1 aromatic heterocycles. The zero-order chi connectivity index (χ0) is 12.3. The Bertz CT molecular complexity index is 374. The Morgan fingerprint density at radius 2 is 2.59 bits per heavy atom. The molecule has 0 amide bonds. The molecule has 2 heterocycles. The topological polar surface area (TPSA) is 56.3 Å². The highest BCUT2D eigenvalue weighted by Gasteiger charge is 2.25. The highest BCUT2D eigenvalue weighted by atomic mass is 16.5. The van der Waals surface area contributed by atoms with Gasteiger partial charge >= 0.3 is 0 Å². The molecule has 1 saturated heterocycles. The smallest absolute Gasteiger partial charge is 0.205 e. The monoisotopic (exact) mass is 236 g/mol. The molecule has 2 unspecified atom stereocenters. The third kappa shape index (κ3) is 2.68. The standard InChI is InChI=1S/C12H20N4O/c1-3-5-15-6-4-14-12(15)16-7-8-17-11(9-16)10(2)13/h3-4,6,10-11H,1,5,7-9,13H2,2H3. The number of nitrogens with two attached hydrogens (primary N) is 1. The van der Waals surface area contributed by atoms with Gasteiger partial charge in [-0.15, -0.1) is 6.58 Å². The molecular formula is C12H20N4O. The Morgan fingerprint density at radius 3 is 3.29 bits per heavy atom. The summed E-state index contributed by atoms with van der Waals surface area (Å²) in [4.78, 5) is 6.62. The maximum Gasteiger partial charge on any atom is 0.205 e. The fourth-order valence-electron chi connectivity index (χ4n) is 2.04. The predicted molar refractivity (Wildman–Crippen MR) is 68.0 cm³/mol. The Balaban J connectivity index is 2.10. The van der Waals surface area contributed by atoms with Crippen LogP contribution < -0.4 is 10.6 Å². The van der Waals surface area contributed by atoms with Gasteiger partial charge in [0.15, 0.2) is 0 Å². The van der Waals surface area contributed by atoms with Crippen molar-refractivity contribution < 1.29 is 4.74 Å². The lowest BCUT2D eigenvalue weighted by Gasteiger charge is -2.35. The normalized spacial score (nSPS) is 22.5. The molecule has 1 aromatic rings. The molecule has 0 aliphatic carbocycles. The summed E-state index contributed by atoms with van der Waals surface area (Å²) in [6, 6.07) is 0.0422. The van der Waals surface area contributed by atoms with Crippen molar-refractivity contribution in [2.75, 3.05) is 24.6 Å². The fourth-order valence-corrected chi connectivity index (χ4v) is 2.04. The van der Waals surface area contributed by atoms with Crippen molar-refractivity contribution in [2.45, 2.75) is 25.6 Å². The number of morpholine rings is 1. The number of hydrogen-bond acceptors (Lipinski definition) is 4. The van der Waals surface area contributed by atoms with Crippen LogP contribution in [0.5, 0.6) is 0 Å². The number of imidazole rings is 1. The number of aromatic nitrogens is 2. The molecule has 2 N–H and O–H groups in total. The maximum absolute atomic E-state index is 5.88. The van der Waals surface area contributed by atoms with Gasteiger partial charge in [0.05, 0.1) is 12.7 Å². The molecule has 1 fully saturated rings. The molecule has 2 rings (SSSR count). The van der Waals surface area contributed by atoms with Gasteiger partial charge in [-0.25, -0.2) is 4.98 Å². The van der Waals surface area contributed by atoms with E-state index in [-0.39, 0.29) is 12.1 Å². The summed E-state index contributed by atoms with van der Waals surface area (Å²) in [7, 11) is 0. The maximum atomic E-state index is 5.88.